The van der Waals surface area contributed by atoms with Gasteiger partial charge in [-0.05, 0) is 117 Å². The molecule has 0 aliphatic carbocycles. The molecule has 0 aliphatic heterocycles. The fourth-order valence-corrected chi connectivity index (χ4v) is 9.68. The molecule has 0 bridgehead atoms. The van der Waals surface area contributed by atoms with Crippen LogP contribution in [0.25, 0.3) is 77.3 Å². The summed E-state index contributed by atoms with van der Waals surface area (Å²) in [5, 5.41) is 5.71. The number of hydrogen-bond donors (Lipinski definition) is 0. The minimum Gasteiger partial charge on any atom is -0.457 e. The molecule has 0 aliphatic rings. The highest BCUT2D eigenvalue weighted by Crippen LogP contribution is 2.44. The van der Waals surface area contributed by atoms with E-state index in [2.05, 4.69) is 192 Å². The Hall–Kier alpha value is -6.72. The van der Waals surface area contributed by atoms with Crippen molar-refractivity contribution in [3.8, 4) is 39.7 Å². The summed E-state index contributed by atoms with van der Waals surface area (Å²) in [7, 11) is 0. The standard InChI is InChI=1S/C56H52N4O/c1-33(2)40-16-13-17-41(34(3)4)54(40)37-22-25-46-44-26-23-38(61-39-24-27-47-45-15-9-10-20-49(45)59(51(47)31-39)53-21-11-12-28-57-53)30-48(44)56-58-32-52(60(56)50(46)29-37)55-42(35(5)6)18-14-19-43(55)36(7)8/h9-36H,1-8H3. The first-order chi connectivity index (χ1) is 29.6. The molecule has 0 spiro atoms. The van der Waals surface area contributed by atoms with Gasteiger partial charge in [-0.1, -0.05) is 128 Å². The Kier molecular flexibility index (Phi) is 9.51. The van der Waals surface area contributed by atoms with Crippen LogP contribution >= 0.6 is 0 Å². The Balaban J connectivity index is 1.21. The number of fused-ring (bicyclic) bond motifs is 9. The Morgan fingerprint density at radius 2 is 1.02 bits per heavy atom. The van der Waals surface area contributed by atoms with E-state index in [1.807, 2.05) is 18.3 Å². The van der Waals surface area contributed by atoms with Crippen LogP contribution in [0.2, 0.25) is 0 Å². The van der Waals surface area contributed by atoms with E-state index in [1.165, 1.54) is 49.7 Å². The third-order valence-electron chi connectivity index (χ3n) is 12.6. The summed E-state index contributed by atoms with van der Waals surface area (Å²) < 4.78 is 11.5. The first kappa shape index (κ1) is 38.5. The number of imidazole rings is 1. The van der Waals surface area contributed by atoms with E-state index in [4.69, 9.17) is 14.7 Å². The van der Waals surface area contributed by atoms with E-state index in [0.29, 0.717) is 23.7 Å². The van der Waals surface area contributed by atoms with Crippen LogP contribution in [-0.4, -0.2) is 18.9 Å². The molecule has 4 aromatic heterocycles. The van der Waals surface area contributed by atoms with Gasteiger partial charge < -0.3 is 4.74 Å². The summed E-state index contributed by atoms with van der Waals surface area (Å²) in [5.74, 6) is 3.82. The van der Waals surface area contributed by atoms with E-state index in [-0.39, 0.29) is 0 Å². The number of nitrogens with zero attached hydrogens (tertiary/aromatic N) is 4. The van der Waals surface area contributed by atoms with Crippen LogP contribution in [0, 0.1) is 0 Å². The molecule has 10 aromatic rings. The van der Waals surface area contributed by atoms with Crippen molar-refractivity contribution in [2.24, 2.45) is 0 Å². The highest BCUT2D eigenvalue weighted by Gasteiger charge is 2.23. The van der Waals surface area contributed by atoms with Crippen LogP contribution in [0.1, 0.15) is 101 Å². The number of ether oxygens (including phenoxy) is 1. The van der Waals surface area contributed by atoms with E-state index in [1.54, 1.807) is 0 Å². The number of benzene rings is 6. The van der Waals surface area contributed by atoms with Crippen LogP contribution in [0.4, 0.5) is 0 Å². The second kappa shape index (κ2) is 15.1. The van der Waals surface area contributed by atoms with Crippen LogP contribution < -0.4 is 4.74 Å². The fraction of sp³-hybridized carbons (Fsp3) is 0.214. The molecular weight excluding hydrogens is 745 g/mol. The zero-order valence-electron chi connectivity index (χ0n) is 36.4. The monoisotopic (exact) mass is 796 g/mol. The van der Waals surface area contributed by atoms with E-state index < -0.39 is 0 Å². The van der Waals surface area contributed by atoms with Crippen LogP contribution in [0.15, 0.2) is 146 Å². The quantitative estimate of drug-likeness (QED) is 0.137. The smallest absolute Gasteiger partial charge is 0.145 e. The van der Waals surface area contributed by atoms with Crippen LogP contribution in [0.3, 0.4) is 0 Å². The van der Waals surface area contributed by atoms with E-state index >= 15 is 0 Å². The average molecular weight is 797 g/mol. The van der Waals surface area contributed by atoms with Gasteiger partial charge in [0.2, 0.25) is 0 Å². The Labute approximate surface area is 358 Å². The first-order valence-electron chi connectivity index (χ1n) is 21.8. The molecular formula is C56H52N4O. The molecule has 0 saturated heterocycles. The molecule has 5 nitrogen and oxygen atoms in total. The van der Waals surface area contributed by atoms with Crippen LogP contribution in [-0.2, 0) is 0 Å². The van der Waals surface area contributed by atoms with E-state index in [9.17, 15) is 0 Å². The van der Waals surface area contributed by atoms with Crippen LogP contribution in [0.5, 0.6) is 11.5 Å². The summed E-state index contributed by atoms with van der Waals surface area (Å²) in [5.41, 5.74) is 14.6. The number of aromatic nitrogens is 4. The lowest BCUT2D eigenvalue weighted by molar-refractivity contribution is 0.484. The average Bonchev–Trinajstić information content (AvgIpc) is 3.86. The fourth-order valence-electron chi connectivity index (χ4n) is 9.68. The first-order valence-corrected chi connectivity index (χ1v) is 21.8. The van der Waals surface area contributed by atoms with Gasteiger partial charge in [-0.3, -0.25) is 8.97 Å². The van der Waals surface area contributed by atoms with Gasteiger partial charge in [0.1, 0.15) is 23.0 Å². The molecule has 5 heteroatoms. The Bertz CT molecular complexity index is 3240. The van der Waals surface area contributed by atoms with Gasteiger partial charge in [0.05, 0.1) is 28.4 Å². The molecule has 0 fully saturated rings. The summed E-state index contributed by atoms with van der Waals surface area (Å²) >= 11 is 0. The van der Waals surface area contributed by atoms with Crippen molar-refractivity contribution in [3.05, 3.63) is 168 Å². The normalized spacial score (nSPS) is 12.2. The van der Waals surface area contributed by atoms with Crippen molar-refractivity contribution in [2.45, 2.75) is 79.1 Å². The zero-order valence-corrected chi connectivity index (χ0v) is 36.4. The lowest BCUT2D eigenvalue weighted by Crippen LogP contribution is -2.03. The minimum atomic E-state index is 0.335. The maximum absolute atomic E-state index is 6.81. The van der Waals surface area contributed by atoms with Gasteiger partial charge in [0.15, 0.2) is 0 Å². The predicted molar refractivity (Wildman–Crippen MR) is 256 cm³/mol. The lowest BCUT2D eigenvalue weighted by atomic mass is 9.84. The topological polar surface area (TPSA) is 44.3 Å². The highest BCUT2D eigenvalue weighted by molar-refractivity contribution is 6.14. The zero-order chi connectivity index (χ0) is 42.1. The third kappa shape index (κ3) is 6.37. The molecule has 0 amide bonds. The molecule has 4 heterocycles. The molecule has 0 saturated carbocycles. The largest absolute Gasteiger partial charge is 0.457 e. The van der Waals surface area contributed by atoms with Crippen molar-refractivity contribution >= 4 is 49.1 Å². The summed E-state index contributed by atoms with van der Waals surface area (Å²) in [6.07, 6.45) is 3.95. The van der Waals surface area contributed by atoms with Crippen molar-refractivity contribution in [1.82, 2.24) is 18.9 Å². The number of pyridine rings is 2. The maximum Gasteiger partial charge on any atom is 0.145 e. The SMILES string of the molecule is CC(C)c1cccc(C(C)C)c1-c1ccc2c3ccc(Oc4ccc5c6ccccc6n(-c6ccccn6)c5c4)cc3c3ncc(-c4c(C(C)C)cccc4C(C)C)n3c2c1. The molecule has 0 N–H and O–H groups in total. The highest BCUT2D eigenvalue weighted by atomic mass is 16.5. The van der Waals surface area contributed by atoms with Gasteiger partial charge in [0.25, 0.3) is 0 Å². The molecule has 302 valence electrons. The molecule has 0 atom stereocenters. The molecule has 0 radical (unpaired) electrons. The maximum atomic E-state index is 6.81. The summed E-state index contributed by atoms with van der Waals surface area (Å²) in [6.45, 7) is 18.4. The van der Waals surface area contributed by atoms with Gasteiger partial charge in [-0.2, -0.15) is 0 Å². The number of rotatable bonds is 9. The molecule has 0 unspecified atom stereocenters. The Morgan fingerprint density at radius 1 is 0.443 bits per heavy atom. The van der Waals surface area contributed by atoms with E-state index in [0.717, 1.165) is 61.4 Å². The van der Waals surface area contributed by atoms with Crippen molar-refractivity contribution < 1.29 is 4.74 Å². The third-order valence-corrected chi connectivity index (χ3v) is 12.6. The van der Waals surface area contributed by atoms with Crippen molar-refractivity contribution in [3.63, 3.8) is 0 Å². The molecule has 6 aromatic carbocycles. The summed E-state index contributed by atoms with van der Waals surface area (Å²) in [4.78, 5) is 10.1. The number of para-hydroxylation sites is 1. The van der Waals surface area contributed by atoms with Gasteiger partial charge in [0, 0.05) is 39.4 Å². The molecule has 61 heavy (non-hydrogen) atoms. The second-order valence-corrected chi connectivity index (χ2v) is 17.8. The van der Waals surface area contributed by atoms with Gasteiger partial charge >= 0.3 is 0 Å². The summed E-state index contributed by atoms with van der Waals surface area (Å²) in [6, 6.07) is 48.1. The number of hydrogen-bond acceptors (Lipinski definition) is 3. The lowest BCUT2D eigenvalue weighted by Gasteiger charge is -2.22. The minimum absolute atomic E-state index is 0.335. The predicted octanol–water partition coefficient (Wildman–Crippen LogP) is 15.8. The van der Waals surface area contributed by atoms with Gasteiger partial charge in [-0.15, -0.1) is 0 Å². The molecule has 10 rings (SSSR count). The second-order valence-electron chi connectivity index (χ2n) is 17.8. The van der Waals surface area contributed by atoms with Crippen molar-refractivity contribution in [2.75, 3.05) is 0 Å². The van der Waals surface area contributed by atoms with Gasteiger partial charge in [-0.25, -0.2) is 9.97 Å². The van der Waals surface area contributed by atoms with Crippen molar-refractivity contribution in [1.29, 1.82) is 0 Å². The Morgan fingerprint density at radius 3 is 1.67 bits per heavy atom.